The van der Waals surface area contributed by atoms with E-state index < -0.39 is 0 Å². The molecule has 0 spiro atoms. The van der Waals surface area contributed by atoms with Gasteiger partial charge in [0.15, 0.2) is 5.76 Å². The average molecular weight is 337 g/mol. The number of benzene rings is 1. The predicted molar refractivity (Wildman–Crippen MR) is 92.4 cm³/mol. The minimum absolute atomic E-state index is 0.182. The third kappa shape index (κ3) is 2.44. The Balaban J connectivity index is 1.77. The maximum Gasteiger partial charge on any atom is 0.159 e. The van der Waals surface area contributed by atoms with E-state index in [0.717, 1.165) is 16.6 Å². The summed E-state index contributed by atoms with van der Waals surface area (Å²) in [5.41, 5.74) is 8.54. The quantitative estimate of drug-likeness (QED) is 0.616. The number of hydrogen-bond acceptors (Lipinski definition) is 5. The summed E-state index contributed by atoms with van der Waals surface area (Å²) in [6.07, 6.45) is 3.39. The van der Waals surface area contributed by atoms with E-state index in [1.165, 1.54) is 12.4 Å². The highest BCUT2D eigenvalue weighted by Gasteiger charge is 2.20. The normalized spacial score (nSPS) is 12.6. The molecule has 4 rings (SSSR count). The second kappa shape index (κ2) is 5.70. The van der Waals surface area contributed by atoms with Gasteiger partial charge >= 0.3 is 0 Å². The SMILES string of the molecule is Cc1cn(C(C)c2cc(-c3ccccc3F)no2)c2ncnc(N)c12. The van der Waals surface area contributed by atoms with Crippen LogP contribution in [0.5, 0.6) is 0 Å². The lowest BCUT2D eigenvalue weighted by molar-refractivity contribution is 0.355. The van der Waals surface area contributed by atoms with Crippen molar-refractivity contribution in [3.8, 4) is 11.3 Å². The molecule has 1 atom stereocenters. The van der Waals surface area contributed by atoms with E-state index in [0.29, 0.717) is 22.8 Å². The van der Waals surface area contributed by atoms with Gasteiger partial charge in [-0.3, -0.25) is 0 Å². The Morgan fingerprint density at radius 2 is 2.04 bits per heavy atom. The number of nitrogens with two attached hydrogens (primary N) is 1. The van der Waals surface area contributed by atoms with Crippen molar-refractivity contribution in [2.24, 2.45) is 0 Å². The second-order valence-corrected chi connectivity index (χ2v) is 5.95. The van der Waals surface area contributed by atoms with E-state index in [1.54, 1.807) is 24.3 Å². The number of halogens is 1. The molecule has 0 saturated heterocycles. The first kappa shape index (κ1) is 15.3. The molecule has 25 heavy (non-hydrogen) atoms. The number of anilines is 1. The minimum Gasteiger partial charge on any atom is -0.383 e. The number of rotatable bonds is 3. The van der Waals surface area contributed by atoms with Crippen molar-refractivity contribution in [2.75, 3.05) is 5.73 Å². The largest absolute Gasteiger partial charge is 0.383 e. The predicted octanol–water partition coefficient (Wildman–Crippen LogP) is 3.73. The molecule has 1 unspecified atom stereocenters. The van der Waals surface area contributed by atoms with Crippen LogP contribution in [0.25, 0.3) is 22.3 Å². The molecule has 0 fully saturated rings. The second-order valence-electron chi connectivity index (χ2n) is 5.95. The van der Waals surface area contributed by atoms with Crippen LogP contribution in [0.1, 0.15) is 24.3 Å². The van der Waals surface area contributed by atoms with Crippen LogP contribution >= 0.6 is 0 Å². The molecule has 0 bridgehead atoms. The van der Waals surface area contributed by atoms with Crippen LogP contribution in [0.15, 0.2) is 47.4 Å². The van der Waals surface area contributed by atoms with Crippen LogP contribution in [-0.4, -0.2) is 19.7 Å². The fraction of sp³-hybridized carbons (Fsp3) is 0.167. The first-order valence-electron chi connectivity index (χ1n) is 7.85. The molecule has 2 N–H and O–H groups in total. The first-order chi connectivity index (χ1) is 12.1. The van der Waals surface area contributed by atoms with Gasteiger partial charge in [-0.1, -0.05) is 17.3 Å². The molecule has 3 aromatic heterocycles. The van der Waals surface area contributed by atoms with Crippen LogP contribution in [0.4, 0.5) is 10.2 Å². The van der Waals surface area contributed by atoms with Crippen LogP contribution in [0.3, 0.4) is 0 Å². The van der Waals surface area contributed by atoms with Gasteiger partial charge in [-0.2, -0.15) is 0 Å². The summed E-state index contributed by atoms with van der Waals surface area (Å²) in [7, 11) is 0. The number of fused-ring (bicyclic) bond motifs is 1. The summed E-state index contributed by atoms with van der Waals surface area (Å²) in [4.78, 5) is 8.38. The highest BCUT2D eigenvalue weighted by molar-refractivity contribution is 5.89. The monoisotopic (exact) mass is 337 g/mol. The minimum atomic E-state index is -0.335. The number of nitrogens with zero attached hydrogens (tertiary/aromatic N) is 4. The van der Waals surface area contributed by atoms with Gasteiger partial charge < -0.3 is 14.8 Å². The maximum absolute atomic E-state index is 13.9. The Labute approximate surface area is 143 Å². The summed E-state index contributed by atoms with van der Waals surface area (Å²) in [5.74, 6) is 0.711. The van der Waals surface area contributed by atoms with E-state index in [4.69, 9.17) is 10.3 Å². The molecule has 1 aromatic carbocycles. The van der Waals surface area contributed by atoms with Gasteiger partial charge in [-0.15, -0.1) is 0 Å². The average Bonchev–Trinajstić information content (AvgIpc) is 3.21. The van der Waals surface area contributed by atoms with Crippen molar-refractivity contribution in [3.63, 3.8) is 0 Å². The lowest BCUT2D eigenvalue weighted by atomic mass is 10.1. The van der Waals surface area contributed by atoms with E-state index in [-0.39, 0.29) is 11.9 Å². The van der Waals surface area contributed by atoms with E-state index >= 15 is 0 Å². The number of nitrogen functional groups attached to an aromatic ring is 1. The lowest BCUT2D eigenvalue weighted by Crippen LogP contribution is -2.05. The Hall–Kier alpha value is -3.22. The molecule has 0 aliphatic rings. The summed E-state index contributed by atoms with van der Waals surface area (Å²) >= 11 is 0. The van der Waals surface area contributed by atoms with Gasteiger partial charge in [0.2, 0.25) is 0 Å². The van der Waals surface area contributed by atoms with Crippen molar-refractivity contribution < 1.29 is 8.91 Å². The molecule has 6 nitrogen and oxygen atoms in total. The van der Waals surface area contributed by atoms with Gasteiger partial charge in [0.1, 0.15) is 29.3 Å². The van der Waals surface area contributed by atoms with Crippen LogP contribution in [-0.2, 0) is 0 Å². The Morgan fingerprint density at radius 1 is 1.24 bits per heavy atom. The molecule has 0 aliphatic heterocycles. The summed E-state index contributed by atoms with van der Waals surface area (Å²) in [5, 5.41) is 4.83. The van der Waals surface area contributed by atoms with E-state index in [9.17, 15) is 4.39 Å². The summed E-state index contributed by atoms with van der Waals surface area (Å²) < 4.78 is 21.4. The topological polar surface area (TPSA) is 82.8 Å². The van der Waals surface area contributed by atoms with Crippen LogP contribution in [0, 0.1) is 12.7 Å². The molecule has 0 radical (unpaired) electrons. The maximum atomic E-state index is 13.9. The van der Waals surface area contributed by atoms with Crippen molar-refractivity contribution in [1.29, 1.82) is 0 Å². The van der Waals surface area contributed by atoms with Crippen LogP contribution < -0.4 is 5.73 Å². The first-order valence-corrected chi connectivity index (χ1v) is 7.85. The molecule has 3 heterocycles. The van der Waals surface area contributed by atoms with Crippen molar-refractivity contribution in [1.82, 2.24) is 19.7 Å². The Kier molecular flexibility index (Phi) is 3.49. The van der Waals surface area contributed by atoms with Gasteiger partial charge in [-0.05, 0) is 31.5 Å². The van der Waals surface area contributed by atoms with Gasteiger partial charge in [0.05, 0.1) is 11.4 Å². The molecular weight excluding hydrogens is 321 g/mol. The smallest absolute Gasteiger partial charge is 0.159 e. The molecule has 0 saturated carbocycles. The molecule has 4 aromatic rings. The highest BCUT2D eigenvalue weighted by atomic mass is 19.1. The highest BCUT2D eigenvalue weighted by Crippen LogP contribution is 2.31. The van der Waals surface area contributed by atoms with Crippen molar-refractivity contribution in [3.05, 3.63) is 60.0 Å². The Bertz CT molecular complexity index is 1070. The zero-order chi connectivity index (χ0) is 17.6. The van der Waals surface area contributed by atoms with Gasteiger partial charge in [-0.25, -0.2) is 14.4 Å². The number of aryl methyl sites for hydroxylation is 1. The third-order valence-corrected chi connectivity index (χ3v) is 4.34. The van der Waals surface area contributed by atoms with Crippen LogP contribution in [0.2, 0.25) is 0 Å². The molecule has 0 aliphatic carbocycles. The zero-order valence-electron chi connectivity index (χ0n) is 13.8. The lowest BCUT2D eigenvalue weighted by Gasteiger charge is -2.11. The van der Waals surface area contributed by atoms with Crippen molar-refractivity contribution >= 4 is 16.9 Å². The fourth-order valence-corrected chi connectivity index (χ4v) is 3.01. The van der Waals surface area contributed by atoms with Gasteiger partial charge in [0, 0.05) is 17.8 Å². The fourth-order valence-electron chi connectivity index (χ4n) is 3.01. The Morgan fingerprint density at radius 3 is 2.84 bits per heavy atom. The molecular formula is C18H16FN5O. The van der Waals surface area contributed by atoms with E-state index in [2.05, 4.69) is 15.1 Å². The zero-order valence-corrected chi connectivity index (χ0v) is 13.8. The summed E-state index contributed by atoms with van der Waals surface area (Å²) in [6.45, 7) is 3.92. The summed E-state index contributed by atoms with van der Waals surface area (Å²) in [6, 6.07) is 8.04. The van der Waals surface area contributed by atoms with Gasteiger partial charge in [0.25, 0.3) is 0 Å². The molecule has 7 heteroatoms. The standard InChI is InChI=1S/C18H16FN5O/c1-10-8-24(18-16(10)17(20)21-9-22-18)11(2)15-7-14(23-25-15)12-5-3-4-6-13(12)19/h3-9,11H,1-2H3,(H2,20,21,22). The number of aromatic nitrogens is 4. The van der Waals surface area contributed by atoms with Crippen molar-refractivity contribution in [2.45, 2.75) is 19.9 Å². The van der Waals surface area contributed by atoms with E-state index in [1.807, 2.05) is 24.6 Å². The third-order valence-electron chi connectivity index (χ3n) is 4.34. The number of hydrogen-bond donors (Lipinski definition) is 1. The molecule has 0 amide bonds. The molecule has 126 valence electrons.